The second kappa shape index (κ2) is 11.3. The largest absolute Gasteiger partial charge is 0.468 e. The molecule has 10 heavy (non-hydrogen) atoms. The van der Waals surface area contributed by atoms with Crippen LogP contribution in [0.1, 0.15) is 32.6 Å². The van der Waals surface area contributed by atoms with E-state index in [9.17, 15) is 4.79 Å². The Morgan fingerprint density at radius 3 is 2.50 bits per heavy atom. The van der Waals surface area contributed by atoms with Gasteiger partial charge in [-0.3, -0.25) is 4.79 Å². The zero-order chi connectivity index (χ0) is 6.95. The Labute approximate surface area is 62.3 Å². The van der Waals surface area contributed by atoms with Gasteiger partial charge in [0.05, 0.1) is 6.61 Å². The van der Waals surface area contributed by atoms with E-state index in [1.165, 1.54) is 19.3 Å². The van der Waals surface area contributed by atoms with Gasteiger partial charge in [0, 0.05) is 0 Å². The Hall–Kier alpha value is -0.570. The minimum atomic E-state index is 0. The molecule has 0 aromatic carbocycles. The molecule has 0 aliphatic rings. The van der Waals surface area contributed by atoms with Gasteiger partial charge in [0.25, 0.3) is 6.47 Å². The maximum absolute atomic E-state index is 9.62. The summed E-state index contributed by atoms with van der Waals surface area (Å²) in [7, 11) is 0. The Balaban J connectivity index is 0. The molecule has 0 spiro atoms. The molecular weight excluding hydrogens is 130 g/mol. The van der Waals surface area contributed by atoms with E-state index in [1.807, 2.05) is 0 Å². The fourth-order valence-corrected chi connectivity index (χ4v) is 0.660. The molecule has 0 radical (unpaired) electrons. The van der Waals surface area contributed by atoms with E-state index in [2.05, 4.69) is 11.7 Å². The number of carbonyl (C=O) groups is 1. The van der Waals surface area contributed by atoms with Crippen LogP contribution in [-0.4, -0.2) is 13.1 Å². The maximum Gasteiger partial charge on any atom is 0.293 e. The standard InChI is InChI=1S/C7H14O2.H3N/c1-2-3-4-5-6-9-7-8;/h7H,2-6H2,1H3;1H3. The van der Waals surface area contributed by atoms with Gasteiger partial charge in [-0.2, -0.15) is 0 Å². The van der Waals surface area contributed by atoms with Crippen molar-refractivity contribution in [2.75, 3.05) is 6.61 Å². The highest BCUT2D eigenvalue weighted by molar-refractivity contribution is 5.36. The van der Waals surface area contributed by atoms with Gasteiger partial charge in [0.1, 0.15) is 0 Å². The highest BCUT2D eigenvalue weighted by Gasteiger charge is 1.85. The van der Waals surface area contributed by atoms with Crippen LogP contribution in [0, 0.1) is 0 Å². The minimum absolute atomic E-state index is 0. The minimum Gasteiger partial charge on any atom is -0.468 e. The van der Waals surface area contributed by atoms with E-state index in [-0.39, 0.29) is 6.15 Å². The second-order valence-electron chi connectivity index (χ2n) is 2.03. The Morgan fingerprint density at radius 1 is 1.30 bits per heavy atom. The first-order valence-corrected chi connectivity index (χ1v) is 3.47. The van der Waals surface area contributed by atoms with Crippen LogP contribution in [0.4, 0.5) is 0 Å². The maximum atomic E-state index is 9.62. The Kier molecular flexibility index (Phi) is 13.7. The number of unbranched alkanes of at least 4 members (excludes halogenated alkanes) is 3. The molecule has 0 atom stereocenters. The lowest BCUT2D eigenvalue weighted by molar-refractivity contribution is -0.128. The lowest BCUT2D eigenvalue weighted by atomic mass is 10.2. The van der Waals surface area contributed by atoms with Crippen LogP contribution < -0.4 is 6.15 Å². The lowest BCUT2D eigenvalue weighted by Crippen LogP contribution is -1.90. The summed E-state index contributed by atoms with van der Waals surface area (Å²) in [6.45, 7) is 3.25. The number of ether oxygens (including phenoxy) is 1. The van der Waals surface area contributed by atoms with Gasteiger partial charge in [0.2, 0.25) is 0 Å². The van der Waals surface area contributed by atoms with Crippen molar-refractivity contribution in [2.24, 2.45) is 0 Å². The van der Waals surface area contributed by atoms with Crippen molar-refractivity contribution in [1.29, 1.82) is 0 Å². The van der Waals surface area contributed by atoms with Crippen molar-refractivity contribution in [3.05, 3.63) is 0 Å². The van der Waals surface area contributed by atoms with E-state index in [1.54, 1.807) is 0 Å². The van der Waals surface area contributed by atoms with Crippen LogP contribution in [-0.2, 0) is 9.53 Å². The summed E-state index contributed by atoms with van der Waals surface area (Å²) in [6.07, 6.45) is 4.64. The summed E-state index contributed by atoms with van der Waals surface area (Å²) >= 11 is 0. The van der Waals surface area contributed by atoms with Gasteiger partial charge in [-0.25, -0.2) is 0 Å². The van der Waals surface area contributed by atoms with E-state index in [0.717, 1.165) is 6.42 Å². The predicted molar refractivity (Wildman–Crippen MR) is 41.2 cm³/mol. The first-order valence-electron chi connectivity index (χ1n) is 3.47. The van der Waals surface area contributed by atoms with Crippen molar-refractivity contribution in [2.45, 2.75) is 32.6 Å². The molecule has 3 N–H and O–H groups in total. The van der Waals surface area contributed by atoms with Crippen molar-refractivity contribution in [3.63, 3.8) is 0 Å². The molecule has 0 aliphatic carbocycles. The van der Waals surface area contributed by atoms with Crippen molar-refractivity contribution >= 4 is 6.47 Å². The predicted octanol–water partition coefficient (Wildman–Crippen LogP) is 1.90. The summed E-state index contributed by atoms with van der Waals surface area (Å²) in [5.74, 6) is 0. The number of rotatable bonds is 6. The molecule has 0 fully saturated rings. The van der Waals surface area contributed by atoms with Crippen LogP contribution >= 0.6 is 0 Å². The Morgan fingerprint density at radius 2 is 2.00 bits per heavy atom. The summed E-state index contributed by atoms with van der Waals surface area (Å²) in [5, 5.41) is 0. The molecule has 0 bridgehead atoms. The molecule has 0 aliphatic heterocycles. The summed E-state index contributed by atoms with van der Waals surface area (Å²) in [6, 6.07) is 0. The van der Waals surface area contributed by atoms with Gasteiger partial charge in [-0.1, -0.05) is 26.2 Å². The Bertz CT molecular complexity index is 66.6. The summed E-state index contributed by atoms with van der Waals surface area (Å²) in [5.41, 5.74) is 0. The molecule has 0 aromatic rings. The molecule has 62 valence electrons. The molecular formula is C7H17NO2. The fourth-order valence-electron chi connectivity index (χ4n) is 0.660. The van der Waals surface area contributed by atoms with Crippen LogP contribution in [0.15, 0.2) is 0 Å². The van der Waals surface area contributed by atoms with E-state index < -0.39 is 0 Å². The average Bonchev–Trinajstić information content (AvgIpc) is 1.89. The molecule has 0 saturated heterocycles. The van der Waals surface area contributed by atoms with Crippen molar-refractivity contribution < 1.29 is 9.53 Å². The third-order valence-corrected chi connectivity index (χ3v) is 1.18. The van der Waals surface area contributed by atoms with Crippen LogP contribution in [0.25, 0.3) is 0 Å². The molecule has 0 amide bonds. The topological polar surface area (TPSA) is 61.3 Å². The second-order valence-corrected chi connectivity index (χ2v) is 2.03. The first kappa shape index (κ1) is 12.1. The highest BCUT2D eigenvalue weighted by atomic mass is 16.5. The third kappa shape index (κ3) is 10.4. The monoisotopic (exact) mass is 147 g/mol. The zero-order valence-electron chi connectivity index (χ0n) is 6.64. The molecule has 0 saturated carbocycles. The van der Waals surface area contributed by atoms with Gasteiger partial charge in [0.15, 0.2) is 0 Å². The van der Waals surface area contributed by atoms with Gasteiger partial charge in [-0.05, 0) is 6.42 Å². The van der Waals surface area contributed by atoms with Gasteiger partial charge < -0.3 is 10.9 Å². The highest BCUT2D eigenvalue weighted by Crippen LogP contribution is 1.97. The number of hydrogen-bond donors (Lipinski definition) is 1. The average molecular weight is 147 g/mol. The van der Waals surface area contributed by atoms with Crippen LogP contribution in [0.2, 0.25) is 0 Å². The quantitative estimate of drug-likeness (QED) is 0.461. The van der Waals surface area contributed by atoms with E-state index >= 15 is 0 Å². The molecule has 3 heteroatoms. The van der Waals surface area contributed by atoms with Gasteiger partial charge >= 0.3 is 0 Å². The summed E-state index contributed by atoms with van der Waals surface area (Å²) in [4.78, 5) is 9.62. The van der Waals surface area contributed by atoms with Gasteiger partial charge in [-0.15, -0.1) is 0 Å². The first-order chi connectivity index (χ1) is 4.41. The zero-order valence-corrected chi connectivity index (χ0v) is 6.64. The van der Waals surface area contributed by atoms with Crippen LogP contribution in [0.3, 0.4) is 0 Å². The SMILES string of the molecule is CCCCCCOC=O.N. The normalized spacial score (nSPS) is 8.10. The van der Waals surface area contributed by atoms with E-state index in [0.29, 0.717) is 13.1 Å². The number of carbonyl (C=O) groups excluding carboxylic acids is 1. The van der Waals surface area contributed by atoms with Crippen LogP contribution in [0.5, 0.6) is 0 Å². The molecule has 0 unspecified atom stereocenters. The van der Waals surface area contributed by atoms with E-state index in [4.69, 9.17) is 0 Å². The fraction of sp³-hybridized carbons (Fsp3) is 0.857. The van der Waals surface area contributed by atoms with Crippen molar-refractivity contribution in [3.8, 4) is 0 Å². The molecule has 0 heterocycles. The molecule has 3 nitrogen and oxygen atoms in total. The summed E-state index contributed by atoms with van der Waals surface area (Å²) < 4.78 is 4.50. The third-order valence-electron chi connectivity index (χ3n) is 1.18. The molecule has 0 rings (SSSR count). The van der Waals surface area contributed by atoms with Crippen molar-refractivity contribution in [1.82, 2.24) is 6.15 Å². The lowest BCUT2D eigenvalue weighted by Gasteiger charge is -1.95. The smallest absolute Gasteiger partial charge is 0.293 e. The molecule has 0 aromatic heterocycles. The number of hydrogen-bond acceptors (Lipinski definition) is 3.